The van der Waals surface area contributed by atoms with Gasteiger partial charge in [0.2, 0.25) is 5.91 Å². The Labute approximate surface area is 159 Å². The molecule has 2 aromatic carbocycles. The van der Waals surface area contributed by atoms with Gasteiger partial charge in [0.1, 0.15) is 0 Å². The maximum atomic E-state index is 12.6. The predicted octanol–water partition coefficient (Wildman–Crippen LogP) is 4.69. The molecule has 1 aromatic heterocycles. The molecular formula is C22H23N3O2. The van der Waals surface area contributed by atoms with Crippen LogP contribution in [0.2, 0.25) is 0 Å². The Bertz CT molecular complexity index is 977. The van der Waals surface area contributed by atoms with Crippen molar-refractivity contribution < 1.29 is 9.32 Å². The van der Waals surface area contributed by atoms with E-state index in [0.717, 1.165) is 16.8 Å². The normalized spacial score (nSPS) is 17.1. The van der Waals surface area contributed by atoms with E-state index in [0.29, 0.717) is 30.6 Å². The summed E-state index contributed by atoms with van der Waals surface area (Å²) in [7, 11) is 0. The summed E-state index contributed by atoms with van der Waals surface area (Å²) >= 11 is 0. The Morgan fingerprint density at radius 1 is 1.15 bits per heavy atom. The zero-order valence-electron chi connectivity index (χ0n) is 15.8. The maximum absolute atomic E-state index is 12.6. The molecule has 1 fully saturated rings. The van der Waals surface area contributed by atoms with Crippen LogP contribution in [0.15, 0.2) is 53.1 Å². The topological polar surface area (TPSA) is 59.2 Å². The van der Waals surface area contributed by atoms with Crippen LogP contribution in [0.1, 0.15) is 49.1 Å². The Morgan fingerprint density at radius 2 is 1.96 bits per heavy atom. The number of hydrogen-bond donors (Lipinski definition) is 0. The highest BCUT2D eigenvalue weighted by molar-refractivity contribution is 5.96. The van der Waals surface area contributed by atoms with Crippen molar-refractivity contribution in [2.75, 3.05) is 11.4 Å². The van der Waals surface area contributed by atoms with Gasteiger partial charge < -0.3 is 9.42 Å². The molecule has 5 heteroatoms. The second kappa shape index (κ2) is 6.99. The molecule has 1 atom stereocenters. The van der Waals surface area contributed by atoms with Crippen LogP contribution in [0.3, 0.4) is 0 Å². The number of carbonyl (C=O) groups is 1. The number of carbonyl (C=O) groups excluding carboxylic acids is 1. The number of nitrogens with zero attached hydrogens (tertiary/aromatic N) is 3. The molecule has 0 N–H and O–H groups in total. The molecule has 1 aliphatic heterocycles. The van der Waals surface area contributed by atoms with Crippen molar-refractivity contribution in [3.8, 4) is 11.5 Å². The van der Waals surface area contributed by atoms with E-state index < -0.39 is 0 Å². The molecular weight excluding hydrogens is 338 g/mol. The Hall–Kier alpha value is -2.95. The molecule has 1 unspecified atom stereocenters. The van der Waals surface area contributed by atoms with Crippen LogP contribution in [0.5, 0.6) is 0 Å². The number of benzene rings is 2. The highest BCUT2D eigenvalue weighted by Crippen LogP contribution is 2.33. The highest BCUT2D eigenvalue weighted by Gasteiger charge is 2.34. The molecule has 0 saturated carbocycles. The lowest BCUT2D eigenvalue weighted by Gasteiger charge is -2.18. The van der Waals surface area contributed by atoms with Crippen molar-refractivity contribution in [3.05, 3.63) is 65.5 Å². The first-order chi connectivity index (χ1) is 13.0. The molecule has 1 saturated heterocycles. The number of aryl methyl sites for hydroxylation is 1. The van der Waals surface area contributed by atoms with Crippen molar-refractivity contribution in [2.24, 2.45) is 0 Å². The van der Waals surface area contributed by atoms with Gasteiger partial charge in [0, 0.05) is 30.1 Å². The van der Waals surface area contributed by atoms with Gasteiger partial charge in [-0.15, -0.1) is 0 Å². The average Bonchev–Trinajstić information content (AvgIpc) is 3.29. The number of aromatic nitrogens is 2. The molecule has 0 aliphatic carbocycles. The molecule has 138 valence electrons. The first kappa shape index (κ1) is 17.5. The van der Waals surface area contributed by atoms with Crippen LogP contribution in [-0.2, 0) is 4.79 Å². The van der Waals surface area contributed by atoms with Crippen molar-refractivity contribution in [1.29, 1.82) is 0 Å². The van der Waals surface area contributed by atoms with Crippen LogP contribution in [0.25, 0.3) is 11.5 Å². The minimum absolute atomic E-state index is 0.0540. The predicted molar refractivity (Wildman–Crippen MR) is 105 cm³/mol. The summed E-state index contributed by atoms with van der Waals surface area (Å²) in [5.74, 6) is 1.58. The Balaban J connectivity index is 1.57. The van der Waals surface area contributed by atoms with E-state index in [9.17, 15) is 4.79 Å². The van der Waals surface area contributed by atoms with E-state index in [2.05, 4.69) is 36.1 Å². The standard InChI is InChI=1S/C22H23N3O2/c1-14(2)16-8-6-9-18(11-16)25-13-17(12-20(25)26)21-23-22(27-24-21)19-10-5-4-7-15(19)3/h4-11,14,17H,12-13H2,1-3H3. The minimum atomic E-state index is -0.0540. The highest BCUT2D eigenvalue weighted by atomic mass is 16.5. The summed E-state index contributed by atoms with van der Waals surface area (Å²) in [6.45, 7) is 6.90. The molecule has 3 aromatic rings. The Kier molecular flexibility index (Phi) is 4.52. The average molecular weight is 361 g/mol. The van der Waals surface area contributed by atoms with E-state index in [-0.39, 0.29) is 11.8 Å². The molecule has 4 rings (SSSR count). The van der Waals surface area contributed by atoms with Gasteiger partial charge >= 0.3 is 0 Å². The van der Waals surface area contributed by atoms with Gasteiger partial charge in [-0.25, -0.2) is 0 Å². The first-order valence-corrected chi connectivity index (χ1v) is 9.33. The monoisotopic (exact) mass is 361 g/mol. The molecule has 2 heterocycles. The molecule has 1 aliphatic rings. The zero-order chi connectivity index (χ0) is 19.0. The van der Waals surface area contributed by atoms with E-state index in [1.165, 1.54) is 5.56 Å². The van der Waals surface area contributed by atoms with Crippen LogP contribution in [-0.4, -0.2) is 22.6 Å². The second-order valence-electron chi connectivity index (χ2n) is 7.43. The number of amides is 1. The number of anilines is 1. The van der Waals surface area contributed by atoms with Crippen LogP contribution in [0.4, 0.5) is 5.69 Å². The first-order valence-electron chi connectivity index (χ1n) is 9.33. The smallest absolute Gasteiger partial charge is 0.258 e. The third-order valence-electron chi connectivity index (χ3n) is 5.16. The summed E-state index contributed by atoms with van der Waals surface area (Å²) in [5.41, 5.74) is 4.19. The van der Waals surface area contributed by atoms with Gasteiger partial charge in [0.25, 0.3) is 5.89 Å². The van der Waals surface area contributed by atoms with Crippen LogP contribution >= 0.6 is 0 Å². The molecule has 27 heavy (non-hydrogen) atoms. The van der Waals surface area contributed by atoms with Crippen LogP contribution in [0, 0.1) is 6.92 Å². The fourth-order valence-electron chi connectivity index (χ4n) is 3.50. The summed E-state index contributed by atoms with van der Waals surface area (Å²) in [5, 5.41) is 4.16. The molecule has 5 nitrogen and oxygen atoms in total. The Morgan fingerprint density at radius 3 is 2.74 bits per heavy atom. The lowest BCUT2D eigenvalue weighted by molar-refractivity contribution is -0.117. The van der Waals surface area contributed by atoms with E-state index >= 15 is 0 Å². The lowest BCUT2D eigenvalue weighted by Crippen LogP contribution is -2.24. The van der Waals surface area contributed by atoms with Gasteiger partial charge in [-0.3, -0.25) is 4.79 Å². The van der Waals surface area contributed by atoms with E-state index in [1.807, 2.05) is 48.2 Å². The summed E-state index contributed by atoms with van der Waals surface area (Å²) in [6, 6.07) is 16.1. The fourth-order valence-corrected chi connectivity index (χ4v) is 3.50. The van der Waals surface area contributed by atoms with Crippen LogP contribution < -0.4 is 4.90 Å². The van der Waals surface area contributed by atoms with Gasteiger partial charge in [0.15, 0.2) is 5.82 Å². The zero-order valence-corrected chi connectivity index (χ0v) is 15.8. The van der Waals surface area contributed by atoms with Gasteiger partial charge in [-0.1, -0.05) is 49.3 Å². The van der Waals surface area contributed by atoms with Crippen molar-refractivity contribution >= 4 is 11.6 Å². The maximum Gasteiger partial charge on any atom is 0.258 e. The molecule has 0 bridgehead atoms. The summed E-state index contributed by atoms with van der Waals surface area (Å²) in [4.78, 5) is 19.0. The number of rotatable bonds is 4. The number of hydrogen-bond acceptors (Lipinski definition) is 4. The lowest BCUT2D eigenvalue weighted by atomic mass is 10.0. The fraction of sp³-hybridized carbons (Fsp3) is 0.318. The minimum Gasteiger partial charge on any atom is -0.334 e. The van der Waals surface area contributed by atoms with Gasteiger partial charge in [0.05, 0.1) is 0 Å². The third kappa shape index (κ3) is 3.37. The van der Waals surface area contributed by atoms with Crippen molar-refractivity contribution in [3.63, 3.8) is 0 Å². The largest absolute Gasteiger partial charge is 0.334 e. The summed E-state index contributed by atoms with van der Waals surface area (Å²) < 4.78 is 5.48. The quantitative estimate of drug-likeness (QED) is 0.676. The van der Waals surface area contributed by atoms with Crippen molar-refractivity contribution in [2.45, 2.75) is 39.0 Å². The molecule has 0 radical (unpaired) electrons. The molecule has 1 amide bonds. The van der Waals surface area contributed by atoms with E-state index in [4.69, 9.17) is 4.52 Å². The van der Waals surface area contributed by atoms with Gasteiger partial charge in [-0.2, -0.15) is 4.98 Å². The van der Waals surface area contributed by atoms with Gasteiger partial charge in [-0.05, 0) is 42.2 Å². The SMILES string of the molecule is Cc1ccccc1-c1nc(C2CC(=O)N(c3cccc(C(C)C)c3)C2)no1. The summed E-state index contributed by atoms with van der Waals surface area (Å²) in [6.07, 6.45) is 0.401. The van der Waals surface area contributed by atoms with E-state index in [1.54, 1.807) is 0 Å². The third-order valence-corrected chi connectivity index (χ3v) is 5.16. The van der Waals surface area contributed by atoms with Crippen molar-refractivity contribution in [1.82, 2.24) is 10.1 Å². The second-order valence-corrected chi connectivity index (χ2v) is 7.43. The molecule has 0 spiro atoms.